The van der Waals surface area contributed by atoms with Gasteiger partial charge in [-0.15, -0.1) is 0 Å². The molecular weight excluding hydrogens is 221 g/mol. The molecule has 1 heterocycles. The third-order valence-corrected chi connectivity index (χ3v) is 2.32. The number of halogens is 2. The average molecular weight is 234 g/mol. The van der Waals surface area contributed by atoms with Gasteiger partial charge >= 0.3 is 0 Å². The SMILES string of the molecule is CCCN(CC)c1nc(Cl)ncc1Cl. The van der Waals surface area contributed by atoms with Gasteiger partial charge in [-0.3, -0.25) is 0 Å². The molecule has 0 radical (unpaired) electrons. The molecule has 0 bridgehead atoms. The molecule has 1 aromatic rings. The first-order valence-corrected chi connectivity index (χ1v) is 5.37. The molecule has 0 saturated carbocycles. The summed E-state index contributed by atoms with van der Waals surface area (Å²) in [5.74, 6) is 0.719. The molecule has 0 spiro atoms. The average Bonchev–Trinajstić information content (AvgIpc) is 2.18. The predicted octanol–water partition coefficient (Wildman–Crippen LogP) is 3.02. The van der Waals surface area contributed by atoms with E-state index in [2.05, 4.69) is 28.7 Å². The highest BCUT2D eigenvalue weighted by Gasteiger charge is 2.10. The molecule has 1 aromatic heterocycles. The third-order valence-electron chi connectivity index (χ3n) is 1.87. The summed E-state index contributed by atoms with van der Waals surface area (Å²) >= 11 is 11.7. The highest BCUT2D eigenvalue weighted by atomic mass is 35.5. The van der Waals surface area contributed by atoms with Gasteiger partial charge in [-0.05, 0) is 24.9 Å². The predicted molar refractivity (Wildman–Crippen MR) is 60.2 cm³/mol. The number of aromatic nitrogens is 2. The van der Waals surface area contributed by atoms with E-state index in [4.69, 9.17) is 23.2 Å². The maximum absolute atomic E-state index is 5.98. The van der Waals surface area contributed by atoms with E-state index in [-0.39, 0.29) is 5.28 Å². The van der Waals surface area contributed by atoms with E-state index in [0.29, 0.717) is 5.02 Å². The van der Waals surface area contributed by atoms with Gasteiger partial charge in [0.15, 0.2) is 5.82 Å². The quantitative estimate of drug-likeness (QED) is 0.750. The van der Waals surface area contributed by atoms with Crippen molar-refractivity contribution >= 4 is 29.0 Å². The number of rotatable bonds is 4. The van der Waals surface area contributed by atoms with Gasteiger partial charge < -0.3 is 4.90 Å². The second-order valence-corrected chi connectivity index (χ2v) is 3.64. The monoisotopic (exact) mass is 233 g/mol. The van der Waals surface area contributed by atoms with Gasteiger partial charge in [0.25, 0.3) is 0 Å². The fourth-order valence-corrected chi connectivity index (χ4v) is 1.58. The van der Waals surface area contributed by atoms with Crippen LogP contribution in [0.5, 0.6) is 0 Å². The molecule has 0 saturated heterocycles. The van der Waals surface area contributed by atoms with E-state index in [9.17, 15) is 0 Å². The van der Waals surface area contributed by atoms with Gasteiger partial charge in [0, 0.05) is 13.1 Å². The van der Waals surface area contributed by atoms with Crippen LogP contribution in [-0.2, 0) is 0 Å². The van der Waals surface area contributed by atoms with E-state index in [1.54, 1.807) is 0 Å². The van der Waals surface area contributed by atoms with Crippen LogP contribution in [0.4, 0.5) is 5.82 Å². The summed E-state index contributed by atoms with van der Waals surface area (Å²) in [6.07, 6.45) is 2.58. The Kier molecular flexibility index (Phi) is 4.42. The van der Waals surface area contributed by atoms with Crippen LogP contribution in [-0.4, -0.2) is 23.1 Å². The van der Waals surface area contributed by atoms with Crippen molar-refractivity contribution in [1.82, 2.24) is 9.97 Å². The van der Waals surface area contributed by atoms with Gasteiger partial charge in [-0.25, -0.2) is 4.98 Å². The first-order valence-electron chi connectivity index (χ1n) is 4.62. The molecule has 5 heteroatoms. The minimum Gasteiger partial charge on any atom is -0.356 e. The molecule has 0 aliphatic heterocycles. The fraction of sp³-hybridized carbons (Fsp3) is 0.556. The van der Waals surface area contributed by atoms with E-state index in [1.165, 1.54) is 6.20 Å². The zero-order valence-corrected chi connectivity index (χ0v) is 9.81. The van der Waals surface area contributed by atoms with Crippen LogP contribution in [0.3, 0.4) is 0 Å². The summed E-state index contributed by atoms with van der Waals surface area (Å²) in [6, 6.07) is 0. The summed E-state index contributed by atoms with van der Waals surface area (Å²) < 4.78 is 0. The third kappa shape index (κ3) is 2.72. The van der Waals surface area contributed by atoms with E-state index in [1.807, 2.05) is 0 Å². The van der Waals surface area contributed by atoms with Crippen LogP contribution in [0.2, 0.25) is 10.3 Å². The molecule has 3 nitrogen and oxygen atoms in total. The summed E-state index contributed by atoms with van der Waals surface area (Å²) in [5, 5.41) is 0.781. The van der Waals surface area contributed by atoms with Crippen molar-refractivity contribution in [3.8, 4) is 0 Å². The molecule has 0 aromatic carbocycles. The molecule has 14 heavy (non-hydrogen) atoms. The standard InChI is InChI=1S/C9H13Cl2N3/c1-3-5-14(4-2)8-7(10)6-12-9(11)13-8/h6H,3-5H2,1-2H3. The first kappa shape index (κ1) is 11.5. The number of anilines is 1. The van der Waals surface area contributed by atoms with Gasteiger partial charge in [-0.2, -0.15) is 4.98 Å². The zero-order valence-electron chi connectivity index (χ0n) is 8.30. The molecule has 1 rings (SSSR count). The Morgan fingerprint density at radius 3 is 2.64 bits per heavy atom. The summed E-state index contributed by atoms with van der Waals surface area (Å²) in [7, 11) is 0. The smallest absolute Gasteiger partial charge is 0.224 e. The molecule has 0 fully saturated rings. The highest BCUT2D eigenvalue weighted by Crippen LogP contribution is 2.23. The van der Waals surface area contributed by atoms with Crippen molar-refractivity contribution in [1.29, 1.82) is 0 Å². The normalized spacial score (nSPS) is 10.3. The fourth-order valence-electron chi connectivity index (χ4n) is 1.24. The maximum Gasteiger partial charge on any atom is 0.224 e. The van der Waals surface area contributed by atoms with Crippen LogP contribution < -0.4 is 4.90 Å². The van der Waals surface area contributed by atoms with Crippen LogP contribution in [0.25, 0.3) is 0 Å². The van der Waals surface area contributed by atoms with Gasteiger partial charge in [0.1, 0.15) is 5.02 Å². The summed E-state index contributed by atoms with van der Waals surface area (Å²) in [4.78, 5) is 10.0. The lowest BCUT2D eigenvalue weighted by Gasteiger charge is -2.21. The number of hydrogen-bond donors (Lipinski definition) is 0. The zero-order chi connectivity index (χ0) is 10.6. The van der Waals surface area contributed by atoms with Gasteiger partial charge in [0.2, 0.25) is 5.28 Å². The summed E-state index contributed by atoms with van der Waals surface area (Å²) in [6.45, 7) is 5.95. The maximum atomic E-state index is 5.98. The molecule has 0 aliphatic rings. The Morgan fingerprint density at radius 1 is 1.36 bits per heavy atom. The van der Waals surface area contributed by atoms with E-state index in [0.717, 1.165) is 25.3 Å². The van der Waals surface area contributed by atoms with Crippen molar-refractivity contribution in [2.75, 3.05) is 18.0 Å². The molecule has 0 amide bonds. The molecule has 0 aliphatic carbocycles. The molecular formula is C9H13Cl2N3. The molecule has 0 atom stereocenters. The lowest BCUT2D eigenvalue weighted by Crippen LogP contribution is -2.24. The highest BCUT2D eigenvalue weighted by molar-refractivity contribution is 6.33. The molecule has 78 valence electrons. The Labute approximate surface area is 94.1 Å². The lowest BCUT2D eigenvalue weighted by molar-refractivity contribution is 0.776. The van der Waals surface area contributed by atoms with E-state index >= 15 is 0 Å². The lowest BCUT2D eigenvalue weighted by atomic mass is 10.4. The molecule has 0 N–H and O–H groups in total. The Bertz CT molecular complexity index is 304. The minimum atomic E-state index is 0.235. The van der Waals surface area contributed by atoms with Crippen LogP contribution in [0.1, 0.15) is 20.3 Å². The van der Waals surface area contributed by atoms with Crippen LogP contribution in [0.15, 0.2) is 6.20 Å². The van der Waals surface area contributed by atoms with Gasteiger partial charge in [0.05, 0.1) is 6.20 Å². The second-order valence-electron chi connectivity index (χ2n) is 2.89. The Hall–Kier alpha value is -0.540. The number of nitrogens with zero attached hydrogens (tertiary/aromatic N) is 3. The van der Waals surface area contributed by atoms with Crippen LogP contribution >= 0.6 is 23.2 Å². The Morgan fingerprint density at radius 2 is 2.07 bits per heavy atom. The first-order chi connectivity index (χ1) is 6.69. The number of hydrogen-bond acceptors (Lipinski definition) is 3. The van der Waals surface area contributed by atoms with Crippen molar-refractivity contribution in [3.05, 3.63) is 16.5 Å². The van der Waals surface area contributed by atoms with E-state index < -0.39 is 0 Å². The van der Waals surface area contributed by atoms with Crippen molar-refractivity contribution in [2.45, 2.75) is 20.3 Å². The van der Waals surface area contributed by atoms with Gasteiger partial charge in [-0.1, -0.05) is 18.5 Å². The molecule has 0 unspecified atom stereocenters. The minimum absolute atomic E-state index is 0.235. The topological polar surface area (TPSA) is 29.0 Å². The van der Waals surface area contributed by atoms with Crippen molar-refractivity contribution in [2.24, 2.45) is 0 Å². The second kappa shape index (κ2) is 5.37. The van der Waals surface area contributed by atoms with Crippen LogP contribution in [0, 0.1) is 0 Å². The Balaban J connectivity index is 2.96. The van der Waals surface area contributed by atoms with Crippen molar-refractivity contribution in [3.63, 3.8) is 0 Å². The largest absolute Gasteiger partial charge is 0.356 e. The van der Waals surface area contributed by atoms with Crippen molar-refractivity contribution < 1.29 is 0 Å². The summed E-state index contributed by atoms with van der Waals surface area (Å²) in [5.41, 5.74) is 0.